The smallest absolute Gasteiger partial charge is 0.269 e. The lowest BCUT2D eigenvalue weighted by Gasteiger charge is -2.32. The molecule has 3 atom stereocenters. The largest absolute Gasteiger partial charge is 0.307 e. The summed E-state index contributed by atoms with van der Waals surface area (Å²) in [6.45, 7) is 4.40. The lowest BCUT2D eigenvalue weighted by molar-refractivity contribution is -0.384. The van der Waals surface area contributed by atoms with E-state index in [2.05, 4.69) is 19.2 Å². The number of nitro benzene ring substituents is 1. The first-order chi connectivity index (χ1) is 10.1. The van der Waals surface area contributed by atoms with Crippen LogP contribution in [-0.2, 0) is 0 Å². The van der Waals surface area contributed by atoms with Gasteiger partial charge in [0, 0.05) is 24.2 Å². The van der Waals surface area contributed by atoms with E-state index < -0.39 is 0 Å². The van der Waals surface area contributed by atoms with Crippen molar-refractivity contribution in [3.05, 3.63) is 39.9 Å². The number of nitrogens with zero attached hydrogens (tertiary/aromatic N) is 1. The molecule has 0 spiro atoms. The molecule has 1 aromatic carbocycles. The molecule has 1 saturated carbocycles. The van der Waals surface area contributed by atoms with Crippen LogP contribution in [0.3, 0.4) is 0 Å². The first-order valence-corrected chi connectivity index (χ1v) is 8.14. The van der Waals surface area contributed by atoms with Gasteiger partial charge in [-0.25, -0.2) is 0 Å². The molecule has 4 nitrogen and oxygen atoms in total. The maximum atomic E-state index is 10.9. The van der Waals surface area contributed by atoms with Crippen LogP contribution in [-0.4, -0.2) is 11.0 Å². The van der Waals surface area contributed by atoms with Crippen LogP contribution in [0.25, 0.3) is 0 Å². The Morgan fingerprint density at radius 3 is 2.86 bits per heavy atom. The molecule has 2 rings (SSSR count). The lowest BCUT2D eigenvalue weighted by Crippen LogP contribution is -2.36. The summed E-state index contributed by atoms with van der Waals surface area (Å²) in [5.74, 6) is 0.832. The molecule has 1 aliphatic rings. The van der Waals surface area contributed by atoms with Crippen molar-refractivity contribution >= 4 is 5.69 Å². The van der Waals surface area contributed by atoms with Crippen molar-refractivity contribution in [2.24, 2.45) is 5.92 Å². The van der Waals surface area contributed by atoms with Gasteiger partial charge < -0.3 is 5.32 Å². The molecule has 0 saturated heterocycles. The third-order valence-corrected chi connectivity index (χ3v) is 4.69. The average Bonchev–Trinajstić information content (AvgIpc) is 2.53. The standard InChI is InChI=1S/C17H26N2O2/c1-3-13-7-5-9-15(11-13)18-17(4-2)14-8-6-10-16(12-14)19(20)21/h6,8,10,12-13,15,17-18H,3-5,7,9,11H2,1-2H3. The number of non-ortho nitro benzene ring substituents is 1. The molecule has 0 bridgehead atoms. The van der Waals surface area contributed by atoms with Crippen molar-refractivity contribution in [2.75, 3.05) is 0 Å². The molecule has 116 valence electrons. The highest BCUT2D eigenvalue weighted by Gasteiger charge is 2.23. The molecular formula is C17H26N2O2. The van der Waals surface area contributed by atoms with Crippen molar-refractivity contribution in [1.82, 2.24) is 5.32 Å². The summed E-state index contributed by atoms with van der Waals surface area (Å²) in [7, 11) is 0. The average molecular weight is 290 g/mol. The number of rotatable bonds is 6. The minimum atomic E-state index is -0.316. The van der Waals surface area contributed by atoms with Gasteiger partial charge in [-0.15, -0.1) is 0 Å². The van der Waals surface area contributed by atoms with Crippen LogP contribution >= 0.6 is 0 Å². The molecule has 0 heterocycles. The van der Waals surface area contributed by atoms with E-state index >= 15 is 0 Å². The minimum absolute atomic E-state index is 0.183. The second-order valence-corrected chi connectivity index (χ2v) is 6.12. The van der Waals surface area contributed by atoms with Crippen molar-refractivity contribution < 1.29 is 4.92 Å². The Bertz CT molecular complexity index is 476. The second-order valence-electron chi connectivity index (χ2n) is 6.12. The summed E-state index contributed by atoms with van der Waals surface area (Å²) in [4.78, 5) is 10.6. The first kappa shape index (κ1) is 16.0. The van der Waals surface area contributed by atoms with Crippen LogP contribution in [0.15, 0.2) is 24.3 Å². The molecule has 1 N–H and O–H groups in total. The molecule has 1 fully saturated rings. The normalized spacial score (nSPS) is 23.7. The Morgan fingerprint density at radius 2 is 2.19 bits per heavy atom. The zero-order valence-corrected chi connectivity index (χ0v) is 13.0. The van der Waals surface area contributed by atoms with Gasteiger partial charge in [-0.1, -0.05) is 45.2 Å². The zero-order chi connectivity index (χ0) is 15.2. The fourth-order valence-electron chi connectivity index (χ4n) is 3.40. The molecule has 0 aliphatic heterocycles. The van der Waals surface area contributed by atoms with E-state index in [9.17, 15) is 10.1 Å². The summed E-state index contributed by atoms with van der Waals surface area (Å²) in [6, 6.07) is 7.81. The van der Waals surface area contributed by atoms with Crippen LogP contribution in [0.1, 0.15) is 64.0 Å². The van der Waals surface area contributed by atoms with E-state index in [-0.39, 0.29) is 16.7 Å². The second kappa shape index (κ2) is 7.55. The Morgan fingerprint density at radius 1 is 1.38 bits per heavy atom. The third-order valence-electron chi connectivity index (χ3n) is 4.69. The maximum absolute atomic E-state index is 10.9. The van der Waals surface area contributed by atoms with Gasteiger partial charge in [-0.2, -0.15) is 0 Å². The van der Waals surface area contributed by atoms with E-state index in [4.69, 9.17) is 0 Å². The fraction of sp³-hybridized carbons (Fsp3) is 0.647. The maximum Gasteiger partial charge on any atom is 0.269 e. The van der Waals surface area contributed by atoms with E-state index in [1.165, 1.54) is 32.1 Å². The highest BCUT2D eigenvalue weighted by Crippen LogP contribution is 2.29. The highest BCUT2D eigenvalue weighted by atomic mass is 16.6. The number of hydrogen-bond acceptors (Lipinski definition) is 3. The van der Waals surface area contributed by atoms with E-state index in [0.717, 1.165) is 17.9 Å². The predicted octanol–water partition coefficient (Wildman–Crippen LogP) is 4.60. The molecule has 0 radical (unpaired) electrons. The minimum Gasteiger partial charge on any atom is -0.307 e. The lowest BCUT2D eigenvalue weighted by atomic mass is 9.83. The van der Waals surface area contributed by atoms with E-state index in [1.807, 2.05) is 6.07 Å². The third kappa shape index (κ3) is 4.27. The van der Waals surface area contributed by atoms with Crippen LogP contribution in [0, 0.1) is 16.0 Å². The van der Waals surface area contributed by atoms with Crippen LogP contribution in [0.5, 0.6) is 0 Å². The number of nitrogens with one attached hydrogen (secondary N) is 1. The molecule has 0 aromatic heterocycles. The Kier molecular flexibility index (Phi) is 5.74. The van der Waals surface area contributed by atoms with Crippen molar-refractivity contribution in [3.63, 3.8) is 0 Å². The van der Waals surface area contributed by atoms with Gasteiger partial charge in [-0.05, 0) is 30.7 Å². The monoisotopic (exact) mass is 290 g/mol. The Labute approximate surface area is 127 Å². The SMILES string of the molecule is CCC1CCCC(NC(CC)c2cccc([N+](=O)[O-])c2)C1. The van der Waals surface area contributed by atoms with Gasteiger partial charge in [0.15, 0.2) is 0 Å². The van der Waals surface area contributed by atoms with Gasteiger partial charge in [0.2, 0.25) is 0 Å². The Hall–Kier alpha value is -1.42. The first-order valence-electron chi connectivity index (χ1n) is 8.14. The summed E-state index contributed by atoms with van der Waals surface area (Å²) in [5, 5.41) is 14.7. The van der Waals surface area contributed by atoms with Gasteiger partial charge in [0.1, 0.15) is 0 Å². The molecule has 1 aromatic rings. The summed E-state index contributed by atoms with van der Waals surface area (Å²) in [6.07, 6.45) is 7.31. The number of nitro groups is 1. The molecular weight excluding hydrogens is 264 g/mol. The molecule has 3 unspecified atom stereocenters. The number of hydrogen-bond donors (Lipinski definition) is 1. The van der Waals surface area contributed by atoms with Crippen LogP contribution < -0.4 is 5.32 Å². The van der Waals surface area contributed by atoms with Crippen molar-refractivity contribution in [1.29, 1.82) is 0 Å². The van der Waals surface area contributed by atoms with Gasteiger partial charge in [0.05, 0.1) is 4.92 Å². The molecule has 21 heavy (non-hydrogen) atoms. The van der Waals surface area contributed by atoms with Gasteiger partial charge >= 0.3 is 0 Å². The van der Waals surface area contributed by atoms with Crippen molar-refractivity contribution in [3.8, 4) is 0 Å². The van der Waals surface area contributed by atoms with Gasteiger partial charge in [0.25, 0.3) is 5.69 Å². The predicted molar refractivity (Wildman–Crippen MR) is 85.3 cm³/mol. The number of benzene rings is 1. The molecule has 1 aliphatic carbocycles. The summed E-state index contributed by atoms with van der Waals surface area (Å²) < 4.78 is 0. The quantitative estimate of drug-likeness (QED) is 0.615. The zero-order valence-electron chi connectivity index (χ0n) is 13.0. The van der Waals surface area contributed by atoms with Gasteiger partial charge in [-0.3, -0.25) is 10.1 Å². The van der Waals surface area contributed by atoms with E-state index in [0.29, 0.717) is 6.04 Å². The van der Waals surface area contributed by atoms with E-state index in [1.54, 1.807) is 18.2 Å². The summed E-state index contributed by atoms with van der Waals surface area (Å²) in [5.41, 5.74) is 1.22. The van der Waals surface area contributed by atoms with Crippen LogP contribution in [0.2, 0.25) is 0 Å². The molecule has 0 amide bonds. The topological polar surface area (TPSA) is 55.2 Å². The van der Waals surface area contributed by atoms with Crippen molar-refractivity contribution in [2.45, 2.75) is 64.5 Å². The molecule has 4 heteroatoms. The Balaban J connectivity index is 2.05. The fourth-order valence-corrected chi connectivity index (χ4v) is 3.40. The summed E-state index contributed by atoms with van der Waals surface area (Å²) >= 11 is 0. The highest BCUT2D eigenvalue weighted by molar-refractivity contribution is 5.35. The van der Waals surface area contributed by atoms with Crippen LogP contribution in [0.4, 0.5) is 5.69 Å².